The van der Waals surface area contributed by atoms with E-state index in [0.717, 1.165) is 35.3 Å². The third-order valence-corrected chi connectivity index (χ3v) is 5.11. The summed E-state index contributed by atoms with van der Waals surface area (Å²) in [6.07, 6.45) is 8.44. The van der Waals surface area contributed by atoms with Crippen molar-refractivity contribution in [3.63, 3.8) is 0 Å². The van der Waals surface area contributed by atoms with Gasteiger partial charge in [-0.15, -0.1) is 5.10 Å². The van der Waals surface area contributed by atoms with Crippen LogP contribution in [-0.2, 0) is 13.0 Å². The van der Waals surface area contributed by atoms with Crippen molar-refractivity contribution in [2.75, 3.05) is 0 Å². The molecule has 8 heteroatoms. The first-order chi connectivity index (χ1) is 15.2. The number of halogens is 1. The van der Waals surface area contributed by atoms with Gasteiger partial charge in [0, 0.05) is 29.7 Å². The number of fused-ring (bicyclic) bond motifs is 1. The van der Waals surface area contributed by atoms with Crippen LogP contribution in [0.5, 0.6) is 0 Å². The number of hydrogen-bond donors (Lipinski definition) is 0. The van der Waals surface area contributed by atoms with E-state index < -0.39 is 5.82 Å². The Morgan fingerprint density at radius 3 is 2.65 bits per heavy atom. The summed E-state index contributed by atoms with van der Waals surface area (Å²) in [5.74, 6) is 0.724. The molecule has 0 amide bonds. The van der Waals surface area contributed by atoms with Crippen molar-refractivity contribution in [1.29, 1.82) is 0 Å². The van der Waals surface area contributed by atoms with Crippen molar-refractivity contribution in [1.82, 2.24) is 34.1 Å². The number of benzene rings is 1. The second-order valence-corrected chi connectivity index (χ2v) is 7.20. The third kappa shape index (κ3) is 3.56. The van der Waals surface area contributed by atoms with E-state index >= 15 is 0 Å². The Balaban J connectivity index is 1.58. The molecule has 0 saturated heterocycles. The number of rotatable bonds is 6. The van der Waals surface area contributed by atoms with E-state index in [1.165, 1.54) is 6.07 Å². The zero-order chi connectivity index (χ0) is 21.2. The monoisotopic (exact) mass is 413 g/mol. The largest absolute Gasteiger partial charge is 0.324 e. The van der Waals surface area contributed by atoms with Crippen LogP contribution in [0.15, 0.2) is 67.4 Å². The van der Waals surface area contributed by atoms with Crippen molar-refractivity contribution < 1.29 is 4.39 Å². The number of aryl methyl sites for hydroxylation is 1. The van der Waals surface area contributed by atoms with Gasteiger partial charge in [-0.25, -0.2) is 28.8 Å². The number of hydrogen-bond acceptors (Lipinski definition) is 5. The number of imidazole rings is 1. The van der Waals surface area contributed by atoms with Crippen LogP contribution in [0.3, 0.4) is 0 Å². The van der Waals surface area contributed by atoms with Crippen LogP contribution in [0, 0.1) is 5.82 Å². The van der Waals surface area contributed by atoms with Crippen molar-refractivity contribution in [2.24, 2.45) is 0 Å². The van der Waals surface area contributed by atoms with Gasteiger partial charge in [0.15, 0.2) is 23.1 Å². The molecule has 0 saturated carbocycles. The maximum atomic E-state index is 14.3. The van der Waals surface area contributed by atoms with Crippen LogP contribution in [0.2, 0.25) is 0 Å². The van der Waals surface area contributed by atoms with E-state index in [1.807, 2.05) is 41.1 Å². The Hall–Kier alpha value is -3.94. The molecule has 154 valence electrons. The van der Waals surface area contributed by atoms with E-state index in [4.69, 9.17) is 4.98 Å². The normalized spacial score (nSPS) is 11.3. The molecule has 4 aromatic heterocycles. The molecule has 31 heavy (non-hydrogen) atoms. The Kier molecular flexibility index (Phi) is 4.95. The molecule has 5 aromatic rings. The first kappa shape index (κ1) is 19.0. The van der Waals surface area contributed by atoms with Crippen LogP contribution in [0.4, 0.5) is 4.39 Å². The molecule has 5 rings (SSSR count). The van der Waals surface area contributed by atoms with Crippen LogP contribution < -0.4 is 0 Å². The van der Waals surface area contributed by atoms with E-state index in [0.29, 0.717) is 18.2 Å². The van der Waals surface area contributed by atoms with Gasteiger partial charge in [0.05, 0.1) is 12.2 Å². The summed E-state index contributed by atoms with van der Waals surface area (Å²) in [5.41, 5.74) is 3.85. The first-order valence-electron chi connectivity index (χ1n) is 10.1. The smallest absolute Gasteiger partial charge is 0.182 e. The summed E-state index contributed by atoms with van der Waals surface area (Å²) in [6.45, 7) is 2.55. The van der Waals surface area contributed by atoms with Crippen molar-refractivity contribution in [2.45, 2.75) is 26.3 Å². The molecular weight excluding hydrogens is 393 g/mol. The van der Waals surface area contributed by atoms with E-state index in [9.17, 15) is 4.39 Å². The lowest BCUT2D eigenvalue weighted by Gasteiger charge is -2.11. The lowest BCUT2D eigenvalue weighted by atomic mass is 10.1. The van der Waals surface area contributed by atoms with Gasteiger partial charge in [0.1, 0.15) is 12.0 Å². The predicted molar refractivity (Wildman–Crippen MR) is 115 cm³/mol. The highest BCUT2D eigenvalue weighted by Crippen LogP contribution is 2.23. The van der Waals surface area contributed by atoms with E-state index in [1.54, 1.807) is 29.3 Å². The lowest BCUT2D eigenvalue weighted by Crippen LogP contribution is -2.10. The SMILES string of the molecule is CCCc1c(Cn2ccnc2-c2ncccc2F)ncn2nc(-c3ccccc3)nc12. The molecular formula is C23H20FN7. The Morgan fingerprint density at radius 1 is 0.968 bits per heavy atom. The van der Waals surface area contributed by atoms with E-state index in [2.05, 4.69) is 27.0 Å². The molecule has 7 nitrogen and oxygen atoms in total. The van der Waals surface area contributed by atoms with Crippen LogP contribution in [0.25, 0.3) is 28.6 Å². The second-order valence-electron chi connectivity index (χ2n) is 7.20. The summed E-state index contributed by atoms with van der Waals surface area (Å²) in [4.78, 5) is 18.0. The molecule has 0 aliphatic heterocycles. The number of nitrogens with zero attached hydrogens (tertiary/aromatic N) is 7. The fourth-order valence-electron chi connectivity index (χ4n) is 3.66. The molecule has 0 unspecified atom stereocenters. The quantitative estimate of drug-likeness (QED) is 0.417. The molecule has 0 bridgehead atoms. The van der Waals surface area contributed by atoms with Gasteiger partial charge in [0.2, 0.25) is 0 Å². The van der Waals surface area contributed by atoms with Crippen molar-refractivity contribution in [3.05, 3.63) is 84.5 Å². The fourth-order valence-corrected chi connectivity index (χ4v) is 3.66. The maximum Gasteiger partial charge on any atom is 0.182 e. The molecule has 0 spiro atoms. The van der Waals surface area contributed by atoms with Gasteiger partial charge in [-0.2, -0.15) is 0 Å². The average Bonchev–Trinajstić information content (AvgIpc) is 3.44. The molecule has 0 atom stereocenters. The minimum absolute atomic E-state index is 0.222. The summed E-state index contributed by atoms with van der Waals surface area (Å²) < 4.78 is 17.9. The van der Waals surface area contributed by atoms with Crippen LogP contribution >= 0.6 is 0 Å². The summed E-state index contributed by atoms with van der Waals surface area (Å²) in [6, 6.07) is 12.8. The zero-order valence-corrected chi connectivity index (χ0v) is 17.0. The molecule has 1 aromatic carbocycles. The topological polar surface area (TPSA) is 73.8 Å². The van der Waals surface area contributed by atoms with E-state index in [-0.39, 0.29) is 5.69 Å². The molecule has 4 heterocycles. The summed E-state index contributed by atoms with van der Waals surface area (Å²) >= 11 is 0. The van der Waals surface area contributed by atoms with Crippen LogP contribution in [-0.4, -0.2) is 34.1 Å². The minimum atomic E-state index is -0.405. The van der Waals surface area contributed by atoms with Crippen molar-refractivity contribution >= 4 is 5.65 Å². The Labute approximate surface area is 178 Å². The third-order valence-electron chi connectivity index (χ3n) is 5.11. The highest BCUT2D eigenvalue weighted by molar-refractivity contribution is 5.60. The van der Waals surface area contributed by atoms with Gasteiger partial charge in [-0.05, 0) is 18.6 Å². The predicted octanol–water partition coefficient (Wildman–Crippen LogP) is 4.19. The highest BCUT2D eigenvalue weighted by Gasteiger charge is 2.17. The maximum absolute atomic E-state index is 14.3. The first-order valence-corrected chi connectivity index (χ1v) is 10.1. The van der Waals surface area contributed by atoms with Gasteiger partial charge < -0.3 is 4.57 Å². The standard InChI is InChI=1S/C23H20FN7/c1-2-7-17-19(14-30-13-12-26-23(30)20-18(24)10-6-11-25-20)27-15-31-22(17)28-21(29-31)16-8-4-3-5-9-16/h3-6,8-13,15H,2,7,14H2,1H3. The minimum Gasteiger partial charge on any atom is -0.324 e. The number of pyridine rings is 1. The summed E-state index contributed by atoms with van der Waals surface area (Å²) in [5, 5.41) is 4.61. The molecule has 0 aliphatic carbocycles. The lowest BCUT2D eigenvalue weighted by molar-refractivity contribution is 0.621. The zero-order valence-electron chi connectivity index (χ0n) is 17.0. The van der Waals surface area contributed by atoms with Crippen LogP contribution in [0.1, 0.15) is 24.6 Å². The van der Waals surface area contributed by atoms with Gasteiger partial charge in [-0.3, -0.25) is 0 Å². The van der Waals surface area contributed by atoms with Gasteiger partial charge >= 0.3 is 0 Å². The highest BCUT2D eigenvalue weighted by atomic mass is 19.1. The van der Waals surface area contributed by atoms with Gasteiger partial charge in [0.25, 0.3) is 0 Å². The molecule has 0 N–H and O–H groups in total. The average molecular weight is 413 g/mol. The second kappa shape index (κ2) is 8.06. The Bertz CT molecular complexity index is 1340. The fraction of sp³-hybridized carbons (Fsp3) is 0.174. The summed E-state index contributed by atoms with van der Waals surface area (Å²) in [7, 11) is 0. The Morgan fingerprint density at radius 2 is 1.84 bits per heavy atom. The molecule has 0 aliphatic rings. The number of aromatic nitrogens is 7. The van der Waals surface area contributed by atoms with Crippen molar-refractivity contribution in [3.8, 4) is 22.9 Å². The van der Waals surface area contributed by atoms with Gasteiger partial charge in [-0.1, -0.05) is 43.7 Å². The molecule has 0 radical (unpaired) electrons. The molecule has 0 fully saturated rings.